The van der Waals surface area contributed by atoms with Gasteiger partial charge < -0.3 is 15.2 Å². The lowest BCUT2D eigenvalue weighted by atomic mass is 10.1. The van der Waals surface area contributed by atoms with Crippen molar-refractivity contribution in [2.75, 3.05) is 17.2 Å². The quantitative estimate of drug-likeness (QED) is 0.864. The Bertz CT molecular complexity index is 617. The number of carboxylic acids is 1. The van der Waals surface area contributed by atoms with Crippen molar-refractivity contribution in [2.45, 2.75) is 12.3 Å². The van der Waals surface area contributed by atoms with E-state index in [0.717, 1.165) is 23.8 Å². The molecule has 0 aromatic carbocycles. The third-order valence-corrected chi connectivity index (χ3v) is 4.38. The smallest absolute Gasteiger partial charge is 0.356 e. The number of thioether (sulfide) groups is 1. The maximum absolute atomic E-state index is 11.3. The summed E-state index contributed by atoms with van der Waals surface area (Å²) in [6, 6.07) is 3.53. The standard InChI is InChI=1S/C12H13N3O2S/c13-8-2-1-4-15-10(8)9(12(16)17)14-11(15)7-3-5-18-6-7/h1-2,4,7H,3,5-6,13H2,(H,16,17). The minimum Gasteiger partial charge on any atom is -0.476 e. The van der Waals surface area contributed by atoms with Crippen molar-refractivity contribution in [3.63, 3.8) is 0 Å². The molecule has 2 aromatic heterocycles. The number of imidazole rings is 1. The number of rotatable bonds is 2. The molecule has 1 aliphatic heterocycles. The highest BCUT2D eigenvalue weighted by molar-refractivity contribution is 7.99. The highest BCUT2D eigenvalue weighted by Crippen LogP contribution is 2.33. The van der Waals surface area contributed by atoms with E-state index >= 15 is 0 Å². The first kappa shape index (κ1) is 11.4. The van der Waals surface area contributed by atoms with E-state index in [1.165, 1.54) is 0 Å². The third-order valence-electron chi connectivity index (χ3n) is 3.22. The minimum absolute atomic E-state index is 0.0556. The van der Waals surface area contributed by atoms with Gasteiger partial charge in [-0.15, -0.1) is 0 Å². The van der Waals surface area contributed by atoms with Crippen molar-refractivity contribution in [1.82, 2.24) is 9.38 Å². The number of nitrogen functional groups attached to an aromatic ring is 1. The van der Waals surface area contributed by atoms with Gasteiger partial charge in [-0.2, -0.15) is 11.8 Å². The van der Waals surface area contributed by atoms with Crippen molar-refractivity contribution in [3.8, 4) is 0 Å². The summed E-state index contributed by atoms with van der Waals surface area (Å²) in [7, 11) is 0. The van der Waals surface area contributed by atoms with E-state index in [-0.39, 0.29) is 5.69 Å². The van der Waals surface area contributed by atoms with E-state index in [4.69, 9.17) is 5.73 Å². The monoisotopic (exact) mass is 263 g/mol. The summed E-state index contributed by atoms with van der Waals surface area (Å²) in [6.45, 7) is 0. The molecular weight excluding hydrogens is 250 g/mol. The Hall–Kier alpha value is -1.69. The molecular formula is C12H13N3O2S. The van der Waals surface area contributed by atoms with Gasteiger partial charge in [0.25, 0.3) is 0 Å². The van der Waals surface area contributed by atoms with E-state index in [1.54, 1.807) is 6.07 Å². The summed E-state index contributed by atoms with van der Waals surface area (Å²) in [5.74, 6) is 2.21. The molecule has 0 saturated carbocycles. The van der Waals surface area contributed by atoms with Crippen LogP contribution >= 0.6 is 11.8 Å². The van der Waals surface area contributed by atoms with Gasteiger partial charge in [0.1, 0.15) is 11.3 Å². The third kappa shape index (κ3) is 1.64. The summed E-state index contributed by atoms with van der Waals surface area (Å²) in [5, 5.41) is 9.23. The Balaban J connectivity index is 2.26. The molecule has 0 bridgehead atoms. The van der Waals surface area contributed by atoms with Gasteiger partial charge in [0, 0.05) is 17.9 Å². The normalized spacial score (nSPS) is 19.4. The number of nitrogens with two attached hydrogens (primary N) is 1. The molecule has 5 nitrogen and oxygen atoms in total. The molecule has 0 radical (unpaired) electrons. The van der Waals surface area contributed by atoms with Crippen LogP contribution < -0.4 is 5.73 Å². The molecule has 1 saturated heterocycles. The average molecular weight is 263 g/mol. The molecule has 1 unspecified atom stereocenters. The van der Waals surface area contributed by atoms with Crippen molar-refractivity contribution in [1.29, 1.82) is 0 Å². The van der Waals surface area contributed by atoms with Gasteiger partial charge in [-0.1, -0.05) is 0 Å². The SMILES string of the molecule is Nc1cccn2c(C3CCSC3)nc(C(=O)O)c12. The number of carbonyl (C=O) groups is 1. The lowest BCUT2D eigenvalue weighted by molar-refractivity contribution is 0.0693. The van der Waals surface area contributed by atoms with E-state index in [9.17, 15) is 9.90 Å². The van der Waals surface area contributed by atoms with Gasteiger partial charge >= 0.3 is 5.97 Å². The number of aromatic nitrogens is 2. The molecule has 0 amide bonds. The Morgan fingerprint density at radius 1 is 1.61 bits per heavy atom. The molecule has 0 aliphatic carbocycles. The first-order valence-electron chi connectivity index (χ1n) is 5.76. The summed E-state index contributed by atoms with van der Waals surface area (Å²) in [5.41, 5.74) is 6.90. The van der Waals surface area contributed by atoms with Gasteiger partial charge in [-0.05, 0) is 24.3 Å². The van der Waals surface area contributed by atoms with Crippen LogP contribution in [-0.4, -0.2) is 32.0 Å². The van der Waals surface area contributed by atoms with E-state index in [2.05, 4.69) is 4.98 Å². The molecule has 1 fully saturated rings. The molecule has 18 heavy (non-hydrogen) atoms. The van der Waals surface area contributed by atoms with Crippen LogP contribution in [0.4, 0.5) is 5.69 Å². The van der Waals surface area contributed by atoms with Crippen LogP contribution in [0, 0.1) is 0 Å². The van der Waals surface area contributed by atoms with Gasteiger partial charge in [-0.3, -0.25) is 0 Å². The summed E-state index contributed by atoms with van der Waals surface area (Å²) >= 11 is 1.88. The Morgan fingerprint density at radius 2 is 2.44 bits per heavy atom. The van der Waals surface area contributed by atoms with Crippen molar-refractivity contribution >= 4 is 28.9 Å². The van der Waals surface area contributed by atoms with Crippen LogP contribution in [0.3, 0.4) is 0 Å². The zero-order valence-electron chi connectivity index (χ0n) is 9.67. The van der Waals surface area contributed by atoms with Crippen LogP contribution in [0.1, 0.15) is 28.7 Å². The predicted molar refractivity (Wildman–Crippen MR) is 71.2 cm³/mol. The van der Waals surface area contributed by atoms with E-state index in [0.29, 0.717) is 17.1 Å². The summed E-state index contributed by atoms with van der Waals surface area (Å²) < 4.78 is 1.83. The molecule has 94 valence electrons. The molecule has 1 atom stereocenters. The molecule has 2 aromatic rings. The lowest BCUT2D eigenvalue weighted by Gasteiger charge is -2.07. The number of hydrogen-bond donors (Lipinski definition) is 2. The number of aromatic carboxylic acids is 1. The van der Waals surface area contributed by atoms with Gasteiger partial charge in [0.2, 0.25) is 0 Å². The number of hydrogen-bond acceptors (Lipinski definition) is 4. The minimum atomic E-state index is -1.03. The fourth-order valence-corrected chi connectivity index (χ4v) is 3.58. The predicted octanol–water partition coefficient (Wildman–Crippen LogP) is 1.84. The van der Waals surface area contributed by atoms with Gasteiger partial charge in [0.05, 0.1) is 5.69 Å². The molecule has 3 rings (SSSR count). The van der Waals surface area contributed by atoms with Crippen LogP contribution in [0.5, 0.6) is 0 Å². The second-order valence-electron chi connectivity index (χ2n) is 4.37. The maximum atomic E-state index is 11.3. The van der Waals surface area contributed by atoms with Crippen LogP contribution in [-0.2, 0) is 0 Å². The second-order valence-corrected chi connectivity index (χ2v) is 5.52. The van der Waals surface area contributed by atoms with Crippen molar-refractivity contribution in [2.24, 2.45) is 0 Å². The molecule has 3 heterocycles. The Morgan fingerprint density at radius 3 is 3.11 bits per heavy atom. The van der Waals surface area contributed by atoms with Crippen molar-refractivity contribution < 1.29 is 9.90 Å². The largest absolute Gasteiger partial charge is 0.476 e. The first-order chi connectivity index (χ1) is 8.68. The number of fused-ring (bicyclic) bond motifs is 1. The van der Waals surface area contributed by atoms with Crippen LogP contribution in [0.15, 0.2) is 18.3 Å². The summed E-state index contributed by atoms with van der Waals surface area (Å²) in [4.78, 5) is 15.6. The molecule has 0 spiro atoms. The highest BCUT2D eigenvalue weighted by Gasteiger charge is 2.26. The maximum Gasteiger partial charge on any atom is 0.356 e. The number of anilines is 1. The Labute approximate surface area is 108 Å². The number of pyridine rings is 1. The second kappa shape index (κ2) is 4.20. The average Bonchev–Trinajstić information content (AvgIpc) is 2.95. The highest BCUT2D eigenvalue weighted by atomic mass is 32.2. The fourth-order valence-electron chi connectivity index (χ4n) is 2.36. The topological polar surface area (TPSA) is 80.6 Å². The molecule has 6 heteroatoms. The molecule has 3 N–H and O–H groups in total. The van der Waals surface area contributed by atoms with Crippen molar-refractivity contribution in [3.05, 3.63) is 29.8 Å². The number of nitrogens with zero attached hydrogens (tertiary/aromatic N) is 2. The van der Waals surface area contributed by atoms with Crippen LogP contribution in [0.2, 0.25) is 0 Å². The Kier molecular flexibility index (Phi) is 2.66. The van der Waals surface area contributed by atoms with Gasteiger partial charge in [-0.25, -0.2) is 9.78 Å². The molecule has 1 aliphatic rings. The zero-order chi connectivity index (χ0) is 12.7. The van der Waals surface area contributed by atoms with E-state index in [1.807, 2.05) is 28.4 Å². The summed E-state index contributed by atoms with van der Waals surface area (Å²) in [6.07, 6.45) is 2.88. The van der Waals surface area contributed by atoms with Gasteiger partial charge in [0.15, 0.2) is 5.69 Å². The zero-order valence-corrected chi connectivity index (χ0v) is 10.5. The van der Waals surface area contributed by atoms with E-state index < -0.39 is 5.97 Å². The van der Waals surface area contributed by atoms with Crippen LogP contribution in [0.25, 0.3) is 5.52 Å². The fraction of sp³-hybridized carbons (Fsp3) is 0.333. The first-order valence-corrected chi connectivity index (χ1v) is 6.91. The lowest BCUT2D eigenvalue weighted by Crippen LogP contribution is -2.03. The number of carboxylic acid groups (broad SMARTS) is 1.